The molecule has 0 aliphatic carbocycles. The van der Waals surface area contributed by atoms with Crippen molar-refractivity contribution in [1.82, 2.24) is 4.98 Å². The van der Waals surface area contributed by atoms with E-state index < -0.39 is 0 Å². The lowest BCUT2D eigenvalue weighted by atomic mass is 9.88. The van der Waals surface area contributed by atoms with E-state index in [1.807, 2.05) is 60.8 Å². The fourth-order valence-corrected chi connectivity index (χ4v) is 4.24. The van der Waals surface area contributed by atoms with Crippen LogP contribution in [0.5, 0.6) is 0 Å². The Balaban J connectivity index is 1.56. The van der Waals surface area contributed by atoms with Crippen LogP contribution in [0.4, 0.5) is 0 Å². The van der Waals surface area contributed by atoms with E-state index in [9.17, 15) is 0 Å². The van der Waals surface area contributed by atoms with Crippen LogP contribution in [0.1, 0.15) is 28.4 Å². The largest absolute Gasteiger partial charge is 0.441 e. The van der Waals surface area contributed by atoms with Gasteiger partial charge in [0.1, 0.15) is 5.76 Å². The number of halogens is 1. The summed E-state index contributed by atoms with van der Waals surface area (Å²) in [5, 5.41) is 0.726. The highest BCUT2D eigenvalue weighted by molar-refractivity contribution is 6.30. The summed E-state index contributed by atoms with van der Waals surface area (Å²) in [5.74, 6) is 1.56. The second-order valence-corrected chi connectivity index (χ2v) is 8.61. The van der Waals surface area contributed by atoms with Gasteiger partial charge < -0.3 is 4.42 Å². The average molecular weight is 462 g/mol. The van der Waals surface area contributed by atoms with E-state index in [-0.39, 0.29) is 5.92 Å². The summed E-state index contributed by atoms with van der Waals surface area (Å²) in [6, 6.07) is 39.1. The minimum Gasteiger partial charge on any atom is -0.441 e. The molecule has 5 aromatic rings. The molecule has 4 aromatic carbocycles. The van der Waals surface area contributed by atoms with Gasteiger partial charge in [0.25, 0.3) is 0 Å². The van der Waals surface area contributed by atoms with E-state index in [1.54, 1.807) is 0 Å². The van der Waals surface area contributed by atoms with Crippen molar-refractivity contribution in [3.8, 4) is 11.5 Å². The van der Waals surface area contributed by atoms with Crippen LogP contribution in [0.25, 0.3) is 17.0 Å². The molecule has 0 bridgehead atoms. The first-order valence-electron chi connectivity index (χ1n) is 11.3. The zero-order valence-corrected chi connectivity index (χ0v) is 19.4. The molecule has 1 unspecified atom stereocenters. The van der Waals surface area contributed by atoms with Gasteiger partial charge in [-0.25, -0.2) is 4.98 Å². The van der Waals surface area contributed by atoms with Gasteiger partial charge in [-0.05, 0) is 46.5 Å². The smallest absolute Gasteiger partial charge is 0.226 e. The van der Waals surface area contributed by atoms with Crippen molar-refractivity contribution in [2.45, 2.75) is 12.3 Å². The summed E-state index contributed by atoms with van der Waals surface area (Å²) in [4.78, 5) is 4.53. The van der Waals surface area contributed by atoms with E-state index in [1.165, 1.54) is 22.3 Å². The lowest BCUT2D eigenvalue weighted by Crippen LogP contribution is -2.02. The number of nitrogens with zero attached hydrogens (tertiary/aromatic N) is 1. The van der Waals surface area contributed by atoms with Gasteiger partial charge in [0, 0.05) is 22.9 Å². The molecule has 1 heterocycles. The molecule has 1 atom stereocenters. The number of aromatic nitrogens is 1. The Morgan fingerprint density at radius 1 is 0.735 bits per heavy atom. The third-order valence-electron chi connectivity index (χ3n) is 5.83. The highest BCUT2D eigenvalue weighted by Crippen LogP contribution is 2.32. The van der Waals surface area contributed by atoms with Gasteiger partial charge in [0.2, 0.25) is 5.89 Å². The predicted octanol–water partition coefficient (Wildman–Crippen LogP) is 8.45. The molecule has 0 aliphatic heterocycles. The number of hydrogen-bond acceptors (Lipinski definition) is 2. The second-order valence-electron chi connectivity index (χ2n) is 8.17. The molecule has 0 fully saturated rings. The van der Waals surface area contributed by atoms with Gasteiger partial charge in [-0.2, -0.15) is 0 Å². The molecule has 1 aromatic heterocycles. The maximum absolute atomic E-state index is 6.20. The molecular weight excluding hydrogens is 438 g/mol. The number of allylic oxidation sites excluding steroid dienone is 1. The van der Waals surface area contributed by atoms with Crippen LogP contribution >= 0.6 is 11.6 Å². The third-order valence-corrected chi connectivity index (χ3v) is 6.08. The van der Waals surface area contributed by atoms with Gasteiger partial charge in [0.15, 0.2) is 0 Å². The van der Waals surface area contributed by atoms with Gasteiger partial charge in [-0.1, -0.05) is 109 Å². The average Bonchev–Trinajstić information content (AvgIpc) is 3.37. The first-order valence-corrected chi connectivity index (χ1v) is 11.7. The lowest BCUT2D eigenvalue weighted by molar-refractivity contribution is 0.508. The zero-order valence-electron chi connectivity index (χ0n) is 18.6. The molecular formula is C31H24ClNO. The molecule has 3 heteroatoms. The number of benzene rings is 4. The van der Waals surface area contributed by atoms with Gasteiger partial charge >= 0.3 is 0 Å². The molecule has 0 spiro atoms. The molecule has 166 valence electrons. The van der Waals surface area contributed by atoms with Crippen LogP contribution in [0.15, 0.2) is 132 Å². The molecule has 0 N–H and O–H groups in total. The summed E-state index contributed by atoms with van der Waals surface area (Å²) in [6.07, 6.45) is 4.85. The predicted molar refractivity (Wildman–Crippen MR) is 140 cm³/mol. The molecule has 0 saturated heterocycles. The summed E-state index contributed by atoms with van der Waals surface area (Å²) < 4.78 is 6.17. The molecule has 2 nitrogen and oxygen atoms in total. The van der Waals surface area contributed by atoms with Crippen molar-refractivity contribution in [3.63, 3.8) is 0 Å². The van der Waals surface area contributed by atoms with Gasteiger partial charge in [-0.3, -0.25) is 0 Å². The van der Waals surface area contributed by atoms with Crippen molar-refractivity contribution < 1.29 is 4.42 Å². The lowest BCUT2D eigenvalue weighted by Gasteiger charge is -2.16. The molecule has 0 saturated carbocycles. The molecule has 5 rings (SSSR count). The summed E-state index contributed by atoms with van der Waals surface area (Å²) >= 11 is 6.20. The van der Waals surface area contributed by atoms with Crippen LogP contribution in [0.2, 0.25) is 5.02 Å². The second kappa shape index (κ2) is 10.4. The van der Waals surface area contributed by atoms with E-state index in [0.717, 1.165) is 16.3 Å². The first-order chi connectivity index (χ1) is 16.8. The fourth-order valence-electron chi connectivity index (χ4n) is 4.11. The fraction of sp³-hybridized carbons (Fsp3) is 0.0645. The minimum absolute atomic E-state index is 0.0734. The van der Waals surface area contributed by atoms with E-state index in [2.05, 4.69) is 71.7 Å². The Morgan fingerprint density at radius 3 is 1.88 bits per heavy atom. The summed E-state index contributed by atoms with van der Waals surface area (Å²) in [7, 11) is 0. The van der Waals surface area contributed by atoms with Gasteiger partial charge in [0.05, 0.1) is 6.20 Å². The Labute approximate surface area is 205 Å². The summed E-state index contributed by atoms with van der Waals surface area (Å²) in [6.45, 7) is 0. The number of hydrogen-bond donors (Lipinski definition) is 0. The van der Waals surface area contributed by atoms with Crippen LogP contribution in [0.3, 0.4) is 0 Å². The van der Waals surface area contributed by atoms with Crippen molar-refractivity contribution in [2.24, 2.45) is 0 Å². The quantitative estimate of drug-likeness (QED) is 0.243. The standard InChI is InChI=1S/C31H24ClNO/c32-28-18-16-23(17-19-28)27(20-29-22-33-31(34-29)26-14-8-3-9-15-26)21-30(24-10-4-1-5-11-24)25-12-6-2-7-13-25/h1-19,21-22,27H,20H2. The number of oxazole rings is 1. The van der Waals surface area contributed by atoms with E-state index in [4.69, 9.17) is 16.0 Å². The Bertz CT molecular complexity index is 1320. The third kappa shape index (κ3) is 5.19. The first kappa shape index (κ1) is 21.9. The zero-order chi connectivity index (χ0) is 23.2. The molecule has 0 aliphatic rings. The van der Waals surface area contributed by atoms with Gasteiger partial charge in [-0.15, -0.1) is 0 Å². The van der Waals surface area contributed by atoms with Crippen molar-refractivity contribution in [1.29, 1.82) is 0 Å². The normalized spacial score (nSPS) is 11.7. The Hall–Kier alpha value is -3.88. The summed E-state index contributed by atoms with van der Waals surface area (Å²) in [5.41, 5.74) is 5.68. The minimum atomic E-state index is 0.0734. The van der Waals surface area contributed by atoms with Crippen molar-refractivity contribution in [2.75, 3.05) is 0 Å². The van der Waals surface area contributed by atoms with Crippen LogP contribution < -0.4 is 0 Å². The Morgan fingerprint density at radius 2 is 1.29 bits per heavy atom. The van der Waals surface area contributed by atoms with E-state index in [0.29, 0.717) is 12.3 Å². The Kier molecular flexibility index (Phi) is 6.69. The van der Waals surface area contributed by atoms with Crippen molar-refractivity contribution in [3.05, 3.63) is 155 Å². The maximum atomic E-state index is 6.20. The van der Waals surface area contributed by atoms with Crippen molar-refractivity contribution >= 4 is 17.2 Å². The maximum Gasteiger partial charge on any atom is 0.226 e. The molecule has 0 amide bonds. The van der Waals surface area contributed by atoms with Crippen LogP contribution in [-0.2, 0) is 6.42 Å². The highest BCUT2D eigenvalue weighted by atomic mass is 35.5. The molecule has 34 heavy (non-hydrogen) atoms. The van der Waals surface area contributed by atoms with E-state index >= 15 is 0 Å². The molecule has 0 radical (unpaired) electrons. The number of rotatable bonds is 7. The monoisotopic (exact) mass is 461 g/mol. The van der Waals surface area contributed by atoms with Crippen LogP contribution in [-0.4, -0.2) is 4.98 Å². The SMILES string of the molecule is Clc1ccc(C(C=C(c2ccccc2)c2ccccc2)Cc2cnc(-c3ccccc3)o2)cc1. The van der Waals surface area contributed by atoms with Crippen LogP contribution in [0, 0.1) is 0 Å². The highest BCUT2D eigenvalue weighted by Gasteiger charge is 2.17. The topological polar surface area (TPSA) is 26.0 Å².